The van der Waals surface area contributed by atoms with Crippen LogP contribution < -0.4 is 5.32 Å². The van der Waals surface area contributed by atoms with Crippen molar-refractivity contribution in [1.29, 1.82) is 0 Å². The van der Waals surface area contributed by atoms with Gasteiger partial charge in [-0.25, -0.2) is 0 Å². The van der Waals surface area contributed by atoms with Gasteiger partial charge >= 0.3 is 5.97 Å². The zero-order valence-corrected chi connectivity index (χ0v) is 11.2. The molecule has 1 aromatic rings. The molecule has 1 aliphatic rings. The third-order valence-electron chi connectivity index (χ3n) is 3.66. The van der Waals surface area contributed by atoms with Crippen molar-refractivity contribution in [2.24, 2.45) is 5.41 Å². The molecule has 1 aliphatic carbocycles. The molecule has 0 aromatic carbocycles. The Morgan fingerprint density at radius 2 is 2.22 bits per heavy atom. The average Bonchev–Trinajstić information content (AvgIpc) is 2.62. The Bertz CT molecular complexity index is 463. The Kier molecular flexibility index (Phi) is 3.71. The van der Waals surface area contributed by atoms with Gasteiger partial charge < -0.3 is 10.4 Å². The molecule has 0 unspecified atom stereocenters. The van der Waals surface area contributed by atoms with Crippen LogP contribution in [0.25, 0.3) is 0 Å². The van der Waals surface area contributed by atoms with Gasteiger partial charge in [-0.05, 0) is 43.2 Å². The fourth-order valence-corrected chi connectivity index (χ4v) is 3.10. The van der Waals surface area contributed by atoms with Crippen LogP contribution in [0.15, 0.2) is 11.4 Å². The largest absolute Gasteiger partial charge is 0.480 e. The Balaban J connectivity index is 1.85. The summed E-state index contributed by atoms with van der Waals surface area (Å²) in [5.74, 6) is -1.31. The second-order valence-corrected chi connectivity index (χ2v) is 5.77. The minimum Gasteiger partial charge on any atom is -0.480 e. The highest BCUT2D eigenvalue weighted by atomic mass is 32.1. The molecule has 0 atom stereocenters. The van der Waals surface area contributed by atoms with E-state index in [1.54, 1.807) is 11.3 Å². The second kappa shape index (κ2) is 5.10. The molecule has 2 N–H and O–H groups in total. The van der Waals surface area contributed by atoms with Crippen LogP contribution in [0.3, 0.4) is 0 Å². The fraction of sp³-hybridized carbons (Fsp3) is 0.538. The number of carboxylic acids is 1. The molecule has 1 amide bonds. The summed E-state index contributed by atoms with van der Waals surface area (Å²) in [6, 6.07) is 2.05. The third kappa shape index (κ3) is 2.27. The molecule has 2 rings (SSSR count). The van der Waals surface area contributed by atoms with Crippen LogP contribution in [0.4, 0.5) is 0 Å². The van der Waals surface area contributed by atoms with Crippen molar-refractivity contribution in [3.8, 4) is 0 Å². The van der Waals surface area contributed by atoms with Gasteiger partial charge in [0.15, 0.2) is 0 Å². The SMILES string of the molecule is Cc1ccsc1CCNC(=O)C1(C(=O)O)CCC1. The summed E-state index contributed by atoms with van der Waals surface area (Å²) >= 11 is 1.67. The highest BCUT2D eigenvalue weighted by Gasteiger charge is 2.50. The van der Waals surface area contributed by atoms with E-state index in [4.69, 9.17) is 5.11 Å². The number of carboxylic acid groups (broad SMARTS) is 1. The zero-order valence-electron chi connectivity index (χ0n) is 10.4. The van der Waals surface area contributed by atoms with E-state index in [2.05, 4.69) is 5.32 Å². The number of amides is 1. The molecular weight excluding hydrogens is 250 g/mol. The van der Waals surface area contributed by atoms with Crippen molar-refractivity contribution < 1.29 is 14.7 Å². The van der Waals surface area contributed by atoms with Crippen molar-refractivity contribution in [1.82, 2.24) is 5.32 Å². The Morgan fingerprint density at radius 3 is 2.67 bits per heavy atom. The Hall–Kier alpha value is -1.36. The van der Waals surface area contributed by atoms with Crippen molar-refractivity contribution in [2.45, 2.75) is 32.6 Å². The highest BCUT2D eigenvalue weighted by Crippen LogP contribution is 2.41. The summed E-state index contributed by atoms with van der Waals surface area (Å²) in [7, 11) is 0. The number of hydrogen-bond donors (Lipinski definition) is 2. The average molecular weight is 267 g/mol. The van der Waals surface area contributed by atoms with Crippen LogP contribution in [0.2, 0.25) is 0 Å². The maximum atomic E-state index is 11.9. The molecule has 0 saturated heterocycles. The normalized spacial score (nSPS) is 16.9. The molecule has 4 nitrogen and oxygen atoms in total. The number of rotatable bonds is 5. The summed E-state index contributed by atoms with van der Waals surface area (Å²) in [6.45, 7) is 2.55. The van der Waals surface area contributed by atoms with E-state index in [1.165, 1.54) is 10.4 Å². The Labute approximate surface area is 110 Å². The van der Waals surface area contributed by atoms with E-state index in [0.717, 1.165) is 12.8 Å². The van der Waals surface area contributed by atoms with Gasteiger partial charge in [-0.2, -0.15) is 0 Å². The van der Waals surface area contributed by atoms with Crippen LogP contribution in [0.5, 0.6) is 0 Å². The lowest BCUT2D eigenvalue weighted by Crippen LogP contribution is -2.51. The molecule has 1 heterocycles. The first-order chi connectivity index (χ1) is 8.56. The molecule has 1 saturated carbocycles. The molecule has 1 aromatic heterocycles. The van der Waals surface area contributed by atoms with Gasteiger partial charge in [-0.1, -0.05) is 6.42 Å². The predicted octanol–water partition coefficient (Wildman–Crippen LogP) is 1.97. The molecule has 5 heteroatoms. The van der Waals surface area contributed by atoms with Crippen LogP contribution in [0.1, 0.15) is 29.7 Å². The van der Waals surface area contributed by atoms with Gasteiger partial charge in [0.1, 0.15) is 5.41 Å². The van der Waals surface area contributed by atoms with Gasteiger partial charge in [-0.3, -0.25) is 9.59 Å². The number of hydrogen-bond acceptors (Lipinski definition) is 3. The molecule has 98 valence electrons. The van der Waals surface area contributed by atoms with E-state index in [0.29, 0.717) is 19.4 Å². The number of carbonyl (C=O) groups is 2. The van der Waals surface area contributed by atoms with Gasteiger partial charge in [0, 0.05) is 11.4 Å². The lowest BCUT2D eigenvalue weighted by molar-refractivity contribution is -0.162. The second-order valence-electron chi connectivity index (χ2n) is 4.77. The number of carbonyl (C=O) groups excluding carboxylic acids is 1. The minimum absolute atomic E-state index is 0.324. The fourth-order valence-electron chi connectivity index (χ4n) is 2.19. The molecule has 1 fully saturated rings. The first-order valence-electron chi connectivity index (χ1n) is 6.11. The quantitative estimate of drug-likeness (QED) is 0.802. The van der Waals surface area contributed by atoms with Crippen molar-refractivity contribution in [3.05, 3.63) is 21.9 Å². The standard InChI is InChI=1S/C13H17NO3S/c1-9-4-8-18-10(9)3-7-14-11(15)13(12(16)17)5-2-6-13/h4,8H,2-3,5-7H2,1H3,(H,14,15)(H,16,17). The summed E-state index contributed by atoms with van der Waals surface area (Å²) in [5.41, 5.74) is 0.0793. The third-order valence-corrected chi connectivity index (χ3v) is 4.74. The number of nitrogens with one attached hydrogen (secondary N) is 1. The number of thiophene rings is 1. The predicted molar refractivity (Wildman–Crippen MR) is 69.7 cm³/mol. The maximum Gasteiger partial charge on any atom is 0.319 e. The van der Waals surface area contributed by atoms with Gasteiger partial charge in [0.2, 0.25) is 5.91 Å². The van der Waals surface area contributed by atoms with Gasteiger partial charge in [0.25, 0.3) is 0 Å². The molecule has 18 heavy (non-hydrogen) atoms. The van der Waals surface area contributed by atoms with Gasteiger partial charge in [0.05, 0.1) is 0 Å². The Morgan fingerprint density at radius 1 is 1.50 bits per heavy atom. The summed E-state index contributed by atoms with van der Waals surface area (Å²) in [4.78, 5) is 24.3. The molecule has 0 aliphatic heterocycles. The highest BCUT2D eigenvalue weighted by molar-refractivity contribution is 7.10. The monoisotopic (exact) mass is 267 g/mol. The molecule has 0 spiro atoms. The van der Waals surface area contributed by atoms with Crippen LogP contribution in [-0.2, 0) is 16.0 Å². The van der Waals surface area contributed by atoms with Crippen LogP contribution in [0, 0.1) is 12.3 Å². The van der Waals surface area contributed by atoms with Crippen molar-refractivity contribution >= 4 is 23.2 Å². The van der Waals surface area contributed by atoms with E-state index in [-0.39, 0.29) is 5.91 Å². The van der Waals surface area contributed by atoms with Crippen molar-refractivity contribution in [3.63, 3.8) is 0 Å². The maximum absolute atomic E-state index is 11.9. The molecular formula is C13H17NO3S. The minimum atomic E-state index is -1.15. The zero-order chi connectivity index (χ0) is 13.2. The summed E-state index contributed by atoms with van der Waals surface area (Å²) in [5, 5.41) is 13.9. The number of aryl methyl sites for hydroxylation is 1. The van der Waals surface area contributed by atoms with E-state index < -0.39 is 11.4 Å². The van der Waals surface area contributed by atoms with E-state index in [1.807, 2.05) is 18.4 Å². The van der Waals surface area contributed by atoms with E-state index in [9.17, 15) is 9.59 Å². The van der Waals surface area contributed by atoms with Crippen LogP contribution in [-0.4, -0.2) is 23.5 Å². The van der Waals surface area contributed by atoms with Crippen molar-refractivity contribution in [2.75, 3.05) is 6.54 Å². The van der Waals surface area contributed by atoms with E-state index >= 15 is 0 Å². The summed E-state index contributed by atoms with van der Waals surface area (Å²) in [6.07, 6.45) is 2.52. The molecule has 0 radical (unpaired) electrons. The first kappa shape index (κ1) is 13.1. The number of aliphatic carboxylic acids is 1. The lowest BCUT2D eigenvalue weighted by Gasteiger charge is -2.35. The van der Waals surface area contributed by atoms with Crippen LogP contribution >= 0.6 is 11.3 Å². The molecule has 0 bridgehead atoms. The lowest BCUT2D eigenvalue weighted by atomic mass is 9.68. The first-order valence-corrected chi connectivity index (χ1v) is 6.99. The summed E-state index contributed by atoms with van der Waals surface area (Å²) < 4.78 is 0. The topological polar surface area (TPSA) is 66.4 Å². The van der Waals surface area contributed by atoms with Gasteiger partial charge in [-0.15, -0.1) is 11.3 Å². The smallest absolute Gasteiger partial charge is 0.319 e.